The van der Waals surface area contributed by atoms with E-state index in [9.17, 15) is 4.79 Å². The van der Waals surface area contributed by atoms with Gasteiger partial charge in [0.1, 0.15) is 0 Å². The van der Waals surface area contributed by atoms with Crippen molar-refractivity contribution in [3.05, 3.63) is 12.7 Å². The molecule has 0 aliphatic carbocycles. The summed E-state index contributed by atoms with van der Waals surface area (Å²) in [6, 6.07) is -0.203. The van der Waals surface area contributed by atoms with Gasteiger partial charge < -0.3 is 15.8 Å². The van der Waals surface area contributed by atoms with E-state index >= 15 is 0 Å². The van der Waals surface area contributed by atoms with Crippen LogP contribution in [0.3, 0.4) is 0 Å². The highest BCUT2D eigenvalue weighted by molar-refractivity contribution is 5.83. The molecule has 4 nitrogen and oxygen atoms in total. The maximum Gasteiger partial charge on any atom is 0.229 e. The van der Waals surface area contributed by atoms with Crippen molar-refractivity contribution < 1.29 is 9.53 Å². The molecule has 1 heterocycles. The van der Waals surface area contributed by atoms with Crippen molar-refractivity contribution in [1.29, 1.82) is 0 Å². The van der Waals surface area contributed by atoms with E-state index in [1.54, 1.807) is 6.08 Å². The SMILES string of the molecule is C=CCCNC(=O)C1(C)COCC1N. The summed E-state index contributed by atoms with van der Waals surface area (Å²) in [5, 5.41) is 2.83. The van der Waals surface area contributed by atoms with Crippen molar-refractivity contribution in [2.24, 2.45) is 11.1 Å². The van der Waals surface area contributed by atoms with E-state index < -0.39 is 5.41 Å². The first kappa shape index (κ1) is 11.2. The zero-order valence-electron chi connectivity index (χ0n) is 8.58. The molecule has 14 heavy (non-hydrogen) atoms. The number of hydrogen-bond acceptors (Lipinski definition) is 3. The van der Waals surface area contributed by atoms with Crippen molar-refractivity contribution >= 4 is 5.91 Å². The molecule has 1 rings (SSSR count). The Hall–Kier alpha value is -0.870. The molecule has 3 N–H and O–H groups in total. The van der Waals surface area contributed by atoms with Gasteiger partial charge in [-0.2, -0.15) is 0 Å². The van der Waals surface area contributed by atoms with Crippen LogP contribution in [0.25, 0.3) is 0 Å². The zero-order valence-corrected chi connectivity index (χ0v) is 8.58. The normalized spacial score (nSPS) is 31.4. The van der Waals surface area contributed by atoms with Crippen molar-refractivity contribution in [1.82, 2.24) is 5.32 Å². The minimum atomic E-state index is -0.568. The van der Waals surface area contributed by atoms with Gasteiger partial charge in [-0.25, -0.2) is 0 Å². The summed E-state index contributed by atoms with van der Waals surface area (Å²) in [5.41, 5.74) is 5.24. The fourth-order valence-corrected chi connectivity index (χ4v) is 1.41. The predicted molar refractivity (Wildman–Crippen MR) is 54.7 cm³/mol. The van der Waals surface area contributed by atoms with Crippen LogP contribution in [0.15, 0.2) is 12.7 Å². The van der Waals surface area contributed by atoms with Crippen LogP contribution in [-0.4, -0.2) is 31.7 Å². The molecule has 0 saturated carbocycles. The average Bonchev–Trinajstić information content (AvgIpc) is 2.49. The average molecular weight is 198 g/mol. The van der Waals surface area contributed by atoms with Crippen molar-refractivity contribution in [2.45, 2.75) is 19.4 Å². The van der Waals surface area contributed by atoms with E-state index in [-0.39, 0.29) is 11.9 Å². The van der Waals surface area contributed by atoms with Crippen LogP contribution in [0.4, 0.5) is 0 Å². The highest BCUT2D eigenvalue weighted by Gasteiger charge is 2.43. The van der Waals surface area contributed by atoms with Gasteiger partial charge in [-0.15, -0.1) is 6.58 Å². The molecule has 1 aliphatic rings. The molecule has 1 fully saturated rings. The first-order valence-electron chi connectivity index (χ1n) is 4.84. The Morgan fingerprint density at radius 1 is 1.86 bits per heavy atom. The monoisotopic (exact) mass is 198 g/mol. The van der Waals surface area contributed by atoms with E-state index in [1.807, 2.05) is 6.92 Å². The molecule has 0 aromatic heterocycles. The van der Waals surface area contributed by atoms with Gasteiger partial charge in [-0.1, -0.05) is 6.08 Å². The number of nitrogens with one attached hydrogen (secondary N) is 1. The van der Waals surface area contributed by atoms with Crippen LogP contribution < -0.4 is 11.1 Å². The van der Waals surface area contributed by atoms with Crippen LogP contribution in [0.5, 0.6) is 0 Å². The van der Waals surface area contributed by atoms with E-state index in [4.69, 9.17) is 10.5 Å². The summed E-state index contributed by atoms with van der Waals surface area (Å²) >= 11 is 0. The van der Waals surface area contributed by atoms with E-state index in [1.165, 1.54) is 0 Å². The molecule has 4 heteroatoms. The van der Waals surface area contributed by atoms with E-state index in [0.29, 0.717) is 19.8 Å². The summed E-state index contributed by atoms with van der Waals surface area (Å²) in [7, 11) is 0. The summed E-state index contributed by atoms with van der Waals surface area (Å²) in [4.78, 5) is 11.7. The van der Waals surface area contributed by atoms with Crippen LogP contribution in [0, 0.1) is 5.41 Å². The van der Waals surface area contributed by atoms with Gasteiger partial charge in [0.25, 0.3) is 0 Å². The Kier molecular flexibility index (Phi) is 3.66. The second-order valence-electron chi connectivity index (χ2n) is 3.87. The molecular weight excluding hydrogens is 180 g/mol. The number of carbonyl (C=O) groups excluding carboxylic acids is 1. The standard InChI is InChI=1S/C10H18N2O2/c1-3-4-5-12-9(13)10(2)7-14-6-8(10)11/h3,8H,1,4-7,11H2,2H3,(H,12,13). The van der Waals surface area contributed by atoms with Gasteiger partial charge in [0.05, 0.1) is 18.6 Å². The number of nitrogens with two attached hydrogens (primary N) is 1. The summed E-state index contributed by atoms with van der Waals surface area (Å²) in [6.07, 6.45) is 2.55. The van der Waals surface area contributed by atoms with E-state index in [0.717, 1.165) is 6.42 Å². The zero-order chi connectivity index (χ0) is 10.6. The molecule has 0 radical (unpaired) electrons. The molecule has 2 unspecified atom stereocenters. The second kappa shape index (κ2) is 4.57. The Labute approximate surface area is 84.5 Å². The molecule has 1 aliphatic heterocycles. The van der Waals surface area contributed by atoms with Crippen molar-refractivity contribution in [2.75, 3.05) is 19.8 Å². The molecule has 0 aromatic carbocycles. The number of ether oxygens (including phenoxy) is 1. The van der Waals surface area contributed by atoms with Gasteiger partial charge >= 0.3 is 0 Å². The molecule has 0 spiro atoms. The summed E-state index contributed by atoms with van der Waals surface area (Å²) in [5.74, 6) is -0.0237. The fraction of sp³-hybridized carbons (Fsp3) is 0.700. The highest BCUT2D eigenvalue weighted by Crippen LogP contribution is 2.26. The lowest BCUT2D eigenvalue weighted by Crippen LogP contribution is -2.50. The molecule has 1 saturated heterocycles. The van der Waals surface area contributed by atoms with Gasteiger partial charge in [0.2, 0.25) is 5.91 Å². The maximum atomic E-state index is 11.7. The predicted octanol–water partition coefficient (Wildman–Crippen LogP) is 0.0425. The summed E-state index contributed by atoms with van der Waals surface area (Å²) in [6.45, 7) is 6.92. The third-order valence-electron chi connectivity index (χ3n) is 2.67. The topological polar surface area (TPSA) is 64.3 Å². The van der Waals surface area contributed by atoms with Crippen molar-refractivity contribution in [3.8, 4) is 0 Å². The Bertz CT molecular complexity index is 230. The fourth-order valence-electron chi connectivity index (χ4n) is 1.41. The molecule has 1 amide bonds. The third-order valence-corrected chi connectivity index (χ3v) is 2.67. The lowest BCUT2D eigenvalue weighted by Gasteiger charge is -2.25. The van der Waals surface area contributed by atoms with Crippen LogP contribution in [0.2, 0.25) is 0 Å². The third kappa shape index (κ3) is 2.13. The van der Waals surface area contributed by atoms with Crippen LogP contribution >= 0.6 is 0 Å². The molecule has 80 valence electrons. The Balaban J connectivity index is 2.46. The quantitative estimate of drug-likeness (QED) is 0.495. The first-order chi connectivity index (χ1) is 6.61. The highest BCUT2D eigenvalue weighted by atomic mass is 16.5. The number of amides is 1. The molecule has 2 atom stereocenters. The lowest BCUT2D eigenvalue weighted by molar-refractivity contribution is -0.130. The van der Waals surface area contributed by atoms with Gasteiger partial charge in [-0.3, -0.25) is 4.79 Å². The molecule has 0 aromatic rings. The van der Waals surface area contributed by atoms with Crippen LogP contribution in [-0.2, 0) is 9.53 Å². The van der Waals surface area contributed by atoms with E-state index in [2.05, 4.69) is 11.9 Å². The van der Waals surface area contributed by atoms with Gasteiger partial charge in [0.15, 0.2) is 0 Å². The summed E-state index contributed by atoms with van der Waals surface area (Å²) < 4.78 is 5.19. The second-order valence-corrected chi connectivity index (χ2v) is 3.87. The number of hydrogen-bond donors (Lipinski definition) is 2. The Morgan fingerprint density at radius 3 is 3.07 bits per heavy atom. The van der Waals surface area contributed by atoms with Gasteiger partial charge in [-0.05, 0) is 13.3 Å². The first-order valence-corrected chi connectivity index (χ1v) is 4.84. The lowest BCUT2D eigenvalue weighted by atomic mass is 9.85. The minimum Gasteiger partial charge on any atom is -0.379 e. The molecule has 0 bridgehead atoms. The smallest absolute Gasteiger partial charge is 0.229 e. The largest absolute Gasteiger partial charge is 0.379 e. The van der Waals surface area contributed by atoms with Gasteiger partial charge in [0, 0.05) is 12.6 Å². The number of carbonyl (C=O) groups is 1. The van der Waals surface area contributed by atoms with Crippen molar-refractivity contribution in [3.63, 3.8) is 0 Å². The van der Waals surface area contributed by atoms with Crippen LogP contribution in [0.1, 0.15) is 13.3 Å². The Morgan fingerprint density at radius 2 is 2.57 bits per heavy atom. The molecular formula is C10H18N2O2. The number of rotatable bonds is 4. The maximum absolute atomic E-state index is 11.7. The minimum absolute atomic E-state index is 0.0237.